The van der Waals surface area contributed by atoms with Gasteiger partial charge in [-0.15, -0.1) is 0 Å². The average Bonchev–Trinajstić information content (AvgIpc) is 3.49. The molecule has 9 heteroatoms. The highest BCUT2D eigenvalue weighted by Crippen LogP contribution is 2.36. The molecule has 1 N–H and O–H groups in total. The van der Waals surface area contributed by atoms with E-state index in [4.69, 9.17) is 9.84 Å². The lowest BCUT2D eigenvalue weighted by Gasteiger charge is -2.30. The molecule has 0 saturated carbocycles. The van der Waals surface area contributed by atoms with Crippen LogP contribution in [-0.2, 0) is 35.1 Å². The number of nitrogens with one attached hydrogen (secondary N) is 1. The van der Waals surface area contributed by atoms with Crippen molar-refractivity contribution < 1.29 is 13.9 Å². The molecule has 168 valence electrons. The fraction of sp³-hybridized carbons (Fsp3) is 0.435. The lowest BCUT2D eigenvalue weighted by molar-refractivity contribution is -0.129. The minimum atomic E-state index is -0.371. The smallest absolute Gasteiger partial charge is 0.219 e. The summed E-state index contributed by atoms with van der Waals surface area (Å²) in [6.45, 7) is 6.10. The first kappa shape index (κ1) is 20.7. The Morgan fingerprint density at radius 3 is 2.81 bits per heavy atom. The number of hydrogen-bond acceptors (Lipinski definition) is 5. The third-order valence-corrected chi connectivity index (χ3v) is 6.47. The molecule has 32 heavy (non-hydrogen) atoms. The Morgan fingerprint density at radius 1 is 1.31 bits per heavy atom. The van der Waals surface area contributed by atoms with Crippen molar-refractivity contribution in [3.05, 3.63) is 47.7 Å². The molecule has 0 aliphatic carbocycles. The van der Waals surface area contributed by atoms with E-state index in [0.717, 1.165) is 28.8 Å². The molecule has 2 aliphatic rings. The van der Waals surface area contributed by atoms with Crippen LogP contribution in [0.1, 0.15) is 31.5 Å². The molecule has 8 nitrogen and oxygen atoms in total. The Bertz CT molecular complexity index is 1180. The molecule has 0 bridgehead atoms. The van der Waals surface area contributed by atoms with Crippen molar-refractivity contribution in [3.8, 4) is 11.1 Å². The second kappa shape index (κ2) is 7.74. The molecule has 1 fully saturated rings. The van der Waals surface area contributed by atoms with E-state index in [1.807, 2.05) is 24.0 Å². The van der Waals surface area contributed by atoms with Crippen molar-refractivity contribution >= 4 is 17.4 Å². The van der Waals surface area contributed by atoms with E-state index in [0.29, 0.717) is 44.2 Å². The van der Waals surface area contributed by atoms with Gasteiger partial charge in [-0.1, -0.05) is 6.07 Å². The minimum Gasteiger partial charge on any atom is -0.379 e. The summed E-state index contributed by atoms with van der Waals surface area (Å²) < 4.78 is 24.4. The Labute approximate surface area is 186 Å². The molecule has 1 amide bonds. The van der Waals surface area contributed by atoms with Crippen LogP contribution in [0.15, 0.2) is 30.6 Å². The van der Waals surface area contributed by atoms with Crippen LogP contribution in [0.3, 0.4) is 0 Å². The SMILES string of the molecule is CC(=O)N1CCc2c(c(Nc3ccc(-c4cnn(C)c4)cc3F)nn2C2(C)CCOC2)C1. The number of hydrogen-bond donors (Lipinski definition) is 1. The minimum absolute atomic E-state index is 0.0248. The van der Waals surface area contributed by atoms with Crippen LogP contribution >= 0.6 is 0 Å². The summed E-state index contributed by atoms with van der Waals surface area (Å²) in [5, 5.41) is 12.2. The molecule has 0 spiro atoms. The Morgan fingerprint density at radius 2 is 2.16 bits per heavy atom. The number of benzene rings is 1. The maximum atomic E-state index is 15.0. The Hall–Kier alpha value is -3.20. The summed E-state index contributed by atoms with van der Waals surface area (Å²) in [7, 11) is 1.83. The lowest BCUT2D eigenvalue weighted by Crippen LogP contribution is -2.38. The quantitative estimate of drug-likeness (QED) is 0.677. The number of amides is 1. The van der Waals surface area contributed by atoms with Gasteiger partial charge in [0, 0.05) is 56.6 Å². The van der Waals surface area contributed by atoms with Gasteiger partial charge in [-0.05, 0) is 31.0 Å². The van der Waals surface area contributed by atoms with E-state index in [2.05, 4.69) is 17.3 Å². The summed E-state index contributed by atoms with van der Waals surface area (Å²) in [5.41, 5.74) is 3.74. The summed E-state index contributed by atoms with van der Waals surface area (Å²) in [6.07, 6.45) is 5.13. The van der Waals surface area contributed by atoms with E-state index >= 15 is 4.39 Å². The second-order valence-electron chi connectivity index (χ2n) is 8.90. The highest BCUT2D eigenvalue weighted by Gasteiger charge is 2.38. The maximum Gasteiger partial charge on any atom is 0.219 e. The van der Waals surface area contributed by atoms with E-state index in [1.54, 1.807) is 28.8 Å². The zero-order valence-corrected chi connectivity index (χ0v) is 18.6. The van der Waals surface area contributed by atoms with E-state index < -0.39 is 0 Å². The van der Waals surface area contributed by atoms with Crippen LogP contribution < -0.4 is 5.32 Å². The monoisotopic (exact) mass is 438 g/mol. The van der Waals surface area contributed by atoms with Crippen LogP contribution in [0, 0.1) is 5.82 Å². The molecular formula is C23H27FN6O2. The van der Waals surface area contributed by atoms with Crippen molar-refractivity contribution in [1.29, 1.82) is 0 Å². The first-order chi connectivity index (χ1) is 15.3. The van der Waals surface area contributed by atoms with Crippen LogP contribution in [0.25, 0.3) is 11.1 Å². The summed E-state index contributed by atoms with van der Waals surface area (Å²) in [5.74, 6) is 0.244. The topological polar surface area (TPSA) is 77.2 Å². The number of carbonyl (C=O) groups is 1. The number of aryl methyl sites for hydroxylation is 1. The molecule has 1 atom stereocenters. The van der Waals surface area contributed by atoms with E-state index in [-0.39, 0.29) is 17.3 Å². The molecule has 1 unspecified atom stereocenters. The van der Waals surface area contributed by atoms with Gasteiger partial charge in [0.05, 0.1) is 30.6 Å². The zero-order chi connectivity index (χ0) is 22.5. The van der Waals surface area contributed by atoms with Gasteiger partial charge in [-0.25, -0.2) is 4.39 Å². The van der Waals surface area contributed by atoms with Crippen LogP contribution in [-0.4, -0.2) is 50.1 Å². The normalized spacial score (nSPS) is 20.4. The zero-order valence-electron chi connectivity index (χ0n) is 18.6. The molecule has 2 aromatic heterocycles. The summed E-state index contributed by atoms with van der Waals surface area (Å²) >= 11 is 0. The first-order valence-corrected chi connectivity index (χ1v) is 10.8. The molecular weight excluding hydrogens is 411 g/mol. The molecule has 2 aliphatic heterocycles. The van der Waals surface area contributed by atoms with Crippen LogP contribution in [0.2, 0.25) is 0 Å². The van der Waals surface area contributed by atoms with E-state index in [9.17, 15) is 4.79 Å². The molecule has 3 aromatic rings. The fourth-order valence-electron chi connectivity index (χ4n) is 4.55. The standard InChI is InChI=1S/C23H27FN6O2/c1-15(31)29-8-6-21-18(13-29)22(27-30(21)23(2)7-9-32-14-23)26-20-5-4-16(10-19(20)24)17-11-25-28(3)12-17/h4-5,10-12H,6-9,13-14H2,1-3H3,(H,26,27). The largest absolute Gasteiger partial charge is 0.379 e. The molecule has 1 saturated heterocycles. The summed E-state index contributed by atoms with van der Waals surface area (Å²) in [6, 6.07) is 5.08. The predicted octanol–water partition coefficient (Wildman–Crippen LogP) is 3.21. The van der Waals surface area contributed by atoms with Crippen molar-refractivity contribution in [2.75, 3.05) is 25.1 Å². The van der Waals surface area contributed by atoms with Crippen LogP contribution in [0.4, 0.5) is 15.9 Å². The van der Waals surface area contributed by atoms with Gasteiger partial charge in [0.1, 0.15) is 5.82 Å². The van der Waals surface area contributed by atoms with Crippen molar-refractivity contribution in [2.24, 2.45) is 7.05 Å². The second-order valence-corrected chi connectivity index (χ2v) is 8.90. The average molecular weight is 439 g/mol. The number of anilines is 2. The Balaban J connectivity index is 1.51. The number of ether oxygens (including phenoxy) is 1. The predicted molar refractivity (Wildman–Crippen MR) is 118 cm³/mol. The maximum absolute atomic E-state index is 15.0. The van der Waals surface area contributed by atoms with Crippen molar-refractivity contribution in [3.63, 3.8) is 0 Å². The molecule has 0 radical (unpaired) electrons. The van der Waals surface area contributed by atoms with Crippen LogP contribution in [0.5, 0.6) is 0 Å². The van der Waals surface area contributed by atoms with Gasteiger partial charge < -0.3 is 15.0 Å². The number of fused-ring (bicyclic) bond motifs is 1. The number of aromatic nitrogens is 4. The first-order valence-electron chi connectivity index (χ1n) is 10.8. The van der Waals surface area contributed by atoms with Crippen molar-refractivity contribution in [2.45, 2.75) is 38.8 Å². The number of halogens is 1. The highest BCUT2D eigenvalue weighted by molar-refractivity contribution is 5.74. The highest BCUT2D eigenvalue weighted by atomic mass is 19.1. The molecule has 4 heterocycles. The molecule has 5 rings (SSSR count). The fourth-order valence-corrected chi connectivity index (χ4v) is 4.55. The number of rotatable bonds is 4. The van der Waals surface area contributed by atoms with Gasteiger partial charge in [0.15, 0.2) is 5.82 Å². The Kier molecular flexibility index (Phi) is 5.00. The van der Waals surface area contributed by atoms with Gasteiger partial charge in [0.2, 0.25) is 5.91 Å². The summed E-state index contributed by atoms with van der Waals surface area (Å²) in [4.78, 5) is 13.8. The van der Waals surface area contributed by atoms with Gasteiger partial charge in [-0.2, -0.15) is 10.2 Å². The molecule has 1 aromatic carbocycles. The number of nitrogens with zero attached hydrogens (tertiary/aromatic N) is 5. The van der Waals surface area contributed by atoms with E-state index in [1.165, 1.54) is 6.07 Å². The van der Waals surface area contributed by atoms with Gasteiger partial charge in [0.25, 0.3) is 0 Å². The number of carbonyl (C=O) groups excluding carboxylic acids is 1. The third kappa shape index (κ3) is 3.56. The van der Waals surface area contributed by atoms with Gasteiger partial charge in [-0.3, -0.25) is 14.2 Å². The third-order valence-electron chi connectivity index (χ3n) is 6.47. The van der Waals surface area contributed by atoms with Crippen molar-refractivity contribution in [1.82, 2.24) is 24.5 Å². The lowest BCUT2D eigenvalue weighted by atomic mass is 9.99. The van der Waals surface area contributed by atoms with Gasteiger partial charge >= 0.3 is 0 Å².